The molecule has 0 unspecified atom stereocenters. The summed E-state index contributed by atoms with van der Waals surface area (Å²) in [5, 5.41) is 2.22. The minimum absolute atomic E-state index is 0.882. The van der Waals surface area contributed by atoms with Gasteiger partial charge in [0.2, 0.25) is 0 Å². The lowest BCUT2D eigenvalue weighted by Gasteiger charge is -2.10. The quantitative estimate of drug-likeness (QED) is 0.203. The van der Waals surface area contributed by atoms with Gasteiger partial charge in [-0.25, -0.2) is 14.1 Å². The predicted molar refractivity (Wildman–Crippen MR) is 176 cm³/mol. The standard InChI is InChI=1S/C39H30N3O/c1-25-18-20-30-31-22-28(29-23-32(26-12-6-4-7-13-26)40-33(24-29)27-14-8-5-9-15-27)19-21-36(31)43-38(30)37(25)39-41(2)34-16-10-11-17-35(34)42(39)3/h4-24H,1-3H3/q+1. The van der Waals surface area contributed by atoms with Crippen molar-refractivity contribution in [3.63, 3.8) is 0 Å². The number of pyridine rings is 1. The zero-order valence-electron chi connectivity index (χ0n) is 24.4. The first-order valence-electron chi connectivity index (χ1n) is 14.6. The number of hydrogen-bond donors (Lipinski definition) is 0. The number of imidazole rings is 1. The molecule has 3 heterocycles. The highest BCUT2D eigenvalue weighted by Gasteiger charge is 2.27. The van der Waals surface area contributed by atoms with Crippen LogP contribution in [-0.2, 0) is 14.1 Å². The van der Waals surface area contributed by atoms with Gasteiger partial charge in [-0.15, -0.1) is 0 Å². The number of rotatable bonds is 4. The SMILES string of the molecule is Cc1ccc2c(oc3ccc(-c4cc(-c5ccccc5)nc(-c5ccccc5)c4)cc32)c1-c1n(C)c2ccccc2[n+]1C. The zero-order chi connectivity index (χ0) is 29.1. The van der Waals surface area contributed by atoms with Gasteiger partial charge in [-0.05, 0) is 60.0 Å². The maximum absolute atomic E-state index is 6.66. The molecule has 0 saturated heterocycles. The molecule has 0 atom stereocenters. The molecule has 0 spiro atoms. The van der Waals surface area contributed by atoms with Crippen molar-refractivity contribution in [1.29, 1.82) is 0 Å². The molecule has 206 valence electrons. The Morgan fingerprint density at radius 1 is 0.628 bits per heavy atom. The Morgan fingerprint density at radius 2 is 1.28 bits per heavy atom. The molecule has 0 aliphatic carbocycles. The summed E-state index contributed by atoms with van der Waals surface area (Å²) < 4.78 is 11.2. The largest absolute Gasteiger partial charge is 0.455 e. The topological polar surface area (TPSA) is 34.8 Å². The van der Waals surface area contributed by atoms with Crippen LogP contribution >= 0.6 is 0 Å². The molecule has 0 radical (unpaired) electrons. The van der Waals surface area contributed by atoms with E-state index in [-0.39, 0.29) is 0 Å². The maximum atomic E-state index is 6.66. The summed E-state index contributed by atoms with van der Waals surface area (Å²) in [5.41, 5.74) is 12.8. The lowest BCUT2D eigenvalue weighted by molar-refractivity contribution is -0.634. The molecule has 0 bridgehead atoms. The Hall–Kier alpha value is -5.48. The summed E-state index contributed by atoms with van der Waals surface area (Å²) in [4.78, 5) is 5.07. The van der Waals surface area contributed by atoms with Crippen LogP contribution in [0.2, 0.25) is 0 Å². The molecule has 4 nitrogen and oxygen atoms in total. The van der Waals surface area contributed by atoms with Crippen molar-refractivity contribution in [3.8, 4) is 45.0 Å². The second-order valence-electron chi connectivity index (χ2n) is 11.2. The number of para-hydroxylation sites is 2. The summed E-state index contributed by atoms with van der Waals surface area (Å²) in [5.74, 6) is 1.12. The van der Waals surface area contributed by atoms with Gasteiger partial charge in [0.25, 0.3) is 5.82 Å². The van der Waals surface area contributed by atoms with Crippen LogP contribution in [0.3, 0.4) is 0 Å². The van der Waals surface area contributed by atoms with Gasteiger partial charge in [0.15, 0.2) is 16.6 Å². The van der Waals surface area contributed by atoms with Gasteiger partial charge in [0.1, 0.15) is 11.1 Å². The minimum atomic E-state index is 0.882. The first-order chi connectivity index (χ1) is 21.1. The number of aryl methyl sites for hydroxylation is 3. The predicted octanol–water partition coefficient (Wildman–Crippen LogP) is 9.27. The second-order valence-corrected chi connectivity index (χ2v) is 11.2. The molecule has 8 rings (SSSR count). The van der Waals surface area contributed by atoms with Crippen LogP contribution in [0, 0.1) is 6.92 Å². The average Bonchev–Trinajstić information content (AvgIpc) is 3.55. The van der Waals surface area contributed by atoms with Gasteiger partial charge in [-0.3, -0.25) is 0 Å². The number of nitrogens with zero attached hydrogens (tertiary/aromatic N) is 3. The molecule has 0 amide bonds. The van der Waals surface area contributed by atoms with E-state index in [1.807, 2.05) is 12.1 Å². The Labute approximate surface area is 250 Å². The van der Waals surface area contributed by atoms with E-state index in [1.165, 1.54) is 16.6 Å². The summed E-state index contributed by atoms with van der Waals surface area (Å²) in [6.45, 7) is 2.16. The normalized spacial score (nSPS) is 11.6. The highest BCUT2D eigenvalue weighted by Crippen LogP contribution is 2.40. The summed E-state index contributed by atoms with van der Waals surface area (Å²) >= 11 is 0. The van der Waals surface area contributed by atoms with Gasteiger partial charge >= 0.3 is 0 Å². The Morgan fingerprint density at radius 3 is 1.95 bits per heavy atom. The summed E-state index contributed by atoms with van der Waals surface area (Å²) in [7, 11) is 4.27. The van der Waals surface area contributed by atoms with E-state index < -0.39 is 0 Å². The third-order valence-corrected chi connectivity index (χ3v) is 8.61. The van der Waals surface area contributed by atoms with Crippen molar-refractivity contribution in [2.45, 2.75) is 6.92 Å². The van der Waals surface area contributed by atoms with Crippen molar-refractivity contribution < 1.29 is 8.98 Å². The van der Waals surface area contributed by atoms with Gasteiger partial charge in [-0.2, -0.15) is 0 Å². The van der Waals surface area contributed by atoms with E-state index in [4.69, 9.17) is 9.40 Å². The highest BCUT2D eigenvalue weighted by molar-refractivity contribution is 6.10. The fraction of sp³-hybridized carbons (Fsp3) is 0.0769. The van der Waals surface area contributed by atoms with Gasteiger partial charge in [0.05, 0.1) is 25.5 Å². The van der Waals surface area contributed by atoms with Crippen molar-refractivity contribution >= 4 is 33.0 Å². The lowest BCUT2D eigenvalue weighted by atomic mass is 9.98. The summed E-state index contributed by atoms with van der Waals surface area (Å²) in [6, 6.07) is 44.6. The van der Waals surface area contributed by atoms with E-state index in [0.29, 0.717) is 0 Å². The molecule has 4 heteroatoms. The second kappa shape index (κ2) is 9.81. The van der Waals surface area contributed by atoms with Gasteiger partial charge in [0, 0.05) is 21.9 Å². The molecule has 0 aliphatic heterocycles. The fourth-order valence-electron chi connectivity index (χ4n) is 6.43. The first-order valence-corrected chi connectivity index (χ1v) is 14.6. The molecule has 3 aromatic heterocycles. The van der Waals surface area contributed by atoms with E-state index in [2.05, 4.69) is 145 Å². The van der Waals surface area contributed by atoms with Crippen molar-refractivity contribution in [3.05, 3.63) is 133 Å². The van der Waals surface area contributed by atoms with Crippen LogP contribution in [-0.4, -0.2) is 9.55 Å². The van der Waals surface area contributed by atoms with Crippen molar-refractivity contribution in [2.24, 2.45) is 14.1 Å². The zero-order valence-corrected chi connectivity index (χ0v) is 24.4. The van der Waals surface area contributed by atoms with Crippen LogP contribution in [0.5, 0.6) is 0 Å². The van der Waals surface area contributed by atoms with Crippen LogP contribution in [0.1, 0.15) is 5.56 Å². The third-order valence-electron chi connectivity index (χ3n) is 8.61. The van der Waals surface area contributed by atoms with Crippen LogP contribution < -0.4 is 4.57 Å². The Bertz CT molecular complexity index is 2210. The van der Waals surface area contributed by atoms with Gasteiger partial charge in [-0.1, -0.05) is 91.0 Å². The molecule has 0 aliphatic rings. The fourth-order valence-corrected chi connectivity index (χ4v) is 6.43. The van der Waals surface area contributed by atoms with Crippen molar-refractivity contribution in [1.82, 2.24) is 9.55 Å². The number of hydrogen-bond acceptors (Lipinski definition) is 2. The molecular weight excluding hydrogens is 526 g/mol. The smallest absolute Gasteiger partial charge is 0.293 e. The number of benzene rings is 5. The highest BCUT2D eigenvalue weighted by atomic mass is 16.3. The monoisotopic (exact) mass is 556 g/mol. The Balaban J connectivity index is 1.34. The lowest BCUT2D eigenvalue weighted by Crippen LogP contribution is -2.30. The van der Waals surface area contributed by atoms with E-state index in [0.717, 1.165) is 67.0 Å². The first kappa shape index (κ1) is 25.2. The van der Waals surface area contributed by atoms with Crippen LogP contribution in [0.15, 0.2) is 132 Å². The van der Waals surface area contributed by atoms with Gasteiger partial charge < -0.3 is 4.42 Å². The molecule has 5 aromatic carbocycles. The number of fused-ring (bicyclic) bond motifs is 4. The van der Waals surface area contributed by atoms with E-state index in [1.54, 1.807) is 0 Å². The van der Waals surface area contributed by atoms with E-state index >= 15 is 0 Å². The summed E-state index contributed by atoms with van der Waals surface area (Å²) in [6.07, 6.45) is 0. The molecular formula is C39H30N3O+. The van der Waals surface area contributed by atoms with Crippen LogP contribution in [0.4, 0.5) is 0 Å². The maximum Gasteiger partial charge on any atom is 0.293 e. The third kappa shape index (κ3) is 4.06. The van der Waals surface area contributed by atoms with Crippen LogP contribution in [0.25, 0.3) is 78.0 Å². The molecule has 43 heavy (non-hydrogen) atoms. The number of furan rings is 1. The van der Waals surface area contributed by atoms with Crippen molar-refractivity contribution in [2.75, 3.05) is 0 Å². The molecule has 0 fully saturated rings. The Kier molecular flexibility index (Phi) is 5.76. The van der Waals surface area contributed by atoms with E-state index in [9.17, 15) is 0 Å². The number of aromatic nitrogens is 3. The molecule has 0 N–H and O–H groups in total. The molecule has 8 aromatic rings. The molecule has 0 saturated carbocycles. The minimum Gasteiger partial charge on any atom is -0.455 e. The average molecular weight is 557 g/mol.